The predicted octanol–water partition coefficient (Wildman–Crippen LogP) is 1.95. The number of aromatic nitrogens is 1. The topological polar surface area (TPSA) is 96.0 Å². The fourth-order valence-corrected chi connectivity index (χ4v) is 2.86. The molecule has 0 fully saturated rings. The Kier molecular flexibility index (Phi) is 6.79. The molecule has 0 aliphatic heterocycles. The Morgan fingerprint density at radius 2 is 1.73 bits per heavy atom. The van der Waals surface area contributed by atoms with Crippen LogP contribution in [0, 0.1) is 6.92 Å². The van der Waals surface area contributed by atoms with Crippen LogP contribution in [0.3, 0.4) is 0 Å². The minimum Gasteiger partial charge on any atom is -0.496 e. The number of ether oxygens (including phenoxy) is 4. The van der Waals surface area contributed by atoms with E-state index in [-0.39, 0.29) is 13.2 Å². The smallest absolute Gasteiger partial charge is 0.350 e. The molecule has 0 radical (unpaired) electrons. The first-order valence-corrected chi connectivity index (χ1v) is 8.50. The highest BCUT2D eigenvalue weighted by Crippen LogP contribution is 2.34. The molecule has 9 heteroatoms. The number of aryl methyl sites for hydroxylation is 1. The molecule has 140 valence electrons. The number of benzene rings is 1. The van der Waals surface area contributed by atoms with Crippen LogP contribution < -0.4 is 19.5 Å². The standard InChI is InChI=1S/C17H20N2O6S/c1-10-16(26-9-19-10)17(21)25-8-15(20)18-7-11-5-13(23-3)14(24-4)6-12(11)22-2/h5-6,9H,7-8H2,1-4H3,(H,18,20). The van der Waals surface area contributed by atoms with E-state index in [0.717, 1.165) is 0 Å². The van der Waals surface area contributed by atoms with Crippen LogP contribution in [0.1, 0.15) is 20.9 Å². The van der Waals surface area contributed by atoms with Gasteiger partial charge in [-0.3, -0.25) is 4.79 Å². The number of esters is 1. The molecule has 0 bridgehead atoms. The van der Waals surface area contributed by atoms with E-state index in [1.165, 1.54) is 32.7 Å². The number of hydrogen-bond donors (Lipinski definition) is 1. The van der Waals surface area contributed by atoms with Crippen molar-refractivity contribution in [3.05, 3.63) is 33.8 Å². The van der Waals surface area contributed by atoms with E-state index in [9.17, 15) is 9.59 Å². The third-order valence-electron chi connectivity index (χ3n) is 3.53. The molecule has 0 aliphatic carbocycles. The van der Waals surface area contributed by atoms with Crippen LogP contribution >= 0.6 is 11.3 Å². The van der Waals surface area contributed by atoms with Gasteiger partial charge in [-0.1, -0.05) is 0 Å². The number of thiazole rings is 1. The Hall–Kier alpha value is -2.81. The quantitative estimate of drug-likeness (QED) is 0.699. The van der Waals surface area contributed by atoms with E-state index in [0.29, 0.717) is 33.4 Å². The van der Waals surface area contributed by atoms with Gasteiger partial charge in [-0.2, -0.15) is 0 Å². The second-order valence-electron chi connectivity index (χ2n) is 5.14. The molecule has 2 aromatic rings. The lowest BCUT2D eigenvalue weighted by atomic mass is 10.1. The molecule has 0 saturated carbocycles. The van der Waals surface area contributed by atoms with Crippen LogP contribution in [0.2, 0.25) is 0 Å². The molecule has 0 unspecified atom stereocenters. The summed E-state index contributed by atoms with van der Waals surface area (Å²) in [7, 11) is 4.57. The maximum atomic E-state index is 12.0. The van der Waals surface area contributed by atoms with Gasteiger partial charge in [0.05, 0.1) is 32.5 Å². The van der Waals surface area contributed by atoms with Crippen LogP contribution in [-0.2, 0) is 16.1 Å². The number of carbonyl (C=O) groups is 2. The van der Waals surface area contributed by atoms with Crippen molar-refractivity contribution in [3.63, 3.8) is 0 Å². The summed E-state index contributed by atoms with van der Waals surface area (Å²) in [4.78, 5) is 28.2. The SMILES string of the molecule is COc1cc(OC)c(OC)cc1CNC(=O)COC(=O)c1scnc1C. The molecule has 0 aliphatic rings. The van der Waals surface area contributed by atoms with Crippen molar-refractivity contribution >= 4 is 23.2 Å². The zero-order valence-electron chi connectivity index (χ0n) is 15.0. The van der Waals surface area contributed by atoms with Crippen molar-refractivity contribution in [2.24, 2.45) is 0 Å². The largest absolute Gasteiger partial charge is 0.496 e. The predicted molar refractivity (Wildman–Crippen MR) is 95.1 cm³/mol. The summed E-state index contributed by atoms with van der Waals surface area (Å²) >= 11 is 1.17. The summed E-state index contributed by atoms with van der Waals surface area (Å²) in [6.45, 7) is 1.50. The first kappa shape index (κ1) is 19.5. The normalized spacial score (nSPS) is 10.2. The van der Waals surface area contributed by atoms with E-state index in [2.05, 4.69) is 10.3 Å². The fourth-order valence-electron chi connectivity index (χ4n) is 2.17. The van der Waals surface area contributed by atoms with Gasteiger partial charge in [0.1, 0.15) is 10.6 Å². The molecular weight excluding hydrogens is 360 g/mol. The lowest BCUT2D eigenvalue weighted by molar-refractivity contribution is -0.124. The van der Waals surface area contributed by atoms with E-state index >= 15 is 0 Å². The Morgan fingerprint density at radius 3 is 2.31 bits per heavy atom. The third-order valence-corrected chi connectivity index (χ3v) is 4.44. The van der Waals surface area contributed by atoms with Crippen molar-refractivity contribution in [3.8, 4) is 17.2 Å². The molecule has 26 heavy (non-hydrogen) atoms. The summed E-state index contributed by atoms with van der Waals surface area (Å²) in [5.41, 5.74) is 2.83. The van der Waals surface area contributed by atoms with Crippen molar-refractivity contribution in [1.29, 1.82) is 0 Å². The van der Waals surface area contributed by atoms with Gasteiger partial charge < -0.3 is 24.3 Å². The highest BCUT2D eigenvalue weighted by atomic mass is 32.1. The highest BCUT2D eigenvalue weighted by Gasteiger charge is 2.16. The monoisotopic (exact) mass is 380 g/mol. The molecule has 0 atom stereocenters. The van der Waals surface area contributed by atoms with Crippen molar-refractivity contribution in [1.82, 2.24) is 10.3 Å². The van der Waals surface area contributed by atoms with E-state index in [1.54, 1.807) is 24.6 Å². The highest BCUT2D eigenvalue weighted by molar-refractivity contribution is 7.11. The zero-order valence-corrected chi connectivity index (χ0v) is 15.8. The summed E-state index contributed by atoms with van der Waals surface area (Å²) in [5.74, 6) is 0.583. The molecule has 1 amide bonds. The van der Waals surface area contributed by atoms with E-state index in [4.69, 9.17) is 18.9 Å². The first-order valence-electron chi connectivity index (χ1n) is 7.63. The number of nitrogens with one attached hydrogen (secondary N) is 1. The Bertz CT molecular complexity index is 790. The van der Waals surface area contributed by atoms with Crippen molar-refractivity contribution < 1.29 is 28.5 Å². The Balaban J connectivity index is 1.94. The lowest BCUT2D eigenvalue weighted by Gasteiger charge is -2.14. The molecular formula is C17H20N2O6S. The second kappa shape index (κ2) is 9.04. The number of carbonyl (C=O) groups excluding carboxylic acids is 2. The van der Waals surface area contributed by atoms with Crippen LogP contribution in [0.15, 0.2) is 17.6 Å². The molecule has 1 heterocycles. The number of hydrogen-bond acceptors (Lipinski definition) is 8. The maximum Gasteiger partial charge on any atom is 0.350 e. The van der Waals surface area contributed by atoms with E-state index < -0.39 is 11.9 Å². The summed E-state index contributed by atoms with van der Waals surface area (Å²) in [6.07, 6.45) is 0. The molecule has 1 aromatic carbocycles. The third kappa shape index (κ3) is 4.63. The van der Waals surface area contributed by atoms with E-state index in [1.807, 2.05) is 0 Å². The molecule has 1 N–H and O–H groups in total. The molecule has 1 aromatic heterocycles. The van der Waals surface area contributed by atoms with Crippen LogP contribution in [-0.4, -0.2) is 44.8 Å². The minimum absolute atomic E-state index is 0.180. The second-order valence-corrected chi connectivity index (χ2v) is 5.99. The zero-order chi connectivity index (χ0) is 19.1. The Morgan fingerprint density at radius 1 is 1.08 bits per heavy atom. The van der Waals surface area contributed by atoms with Crippen molar-refractivity contribution in [2.45, 2.75) is 13.5 Å². The number of rotatable bonds is 8. The molecule has 8 nitrogen and oxygen atoms in total. The summed E-state index contributed by atoms with van der Waals surface area (Å²) < 4.78 is 20.8. The number of nitrogens with zero attached hydrogens (tertiary/aromatic N) is 1. The first-order chi connectivity index (χ1) is 12.5. The van der Waals surface area contributed by atoms with Crippen LogP contribution in [0.5, 0.6) is 17.2 Å². The minimum atomic E-state index is -0.566. The molecule has 2 rings (SSSR count). The average Bonchev–Trinajstić information content (AvgIpc) is 3.09. The summed E-state index contributed by atoms with van der Waals surface area (Å²) in [6, 6.07) is 3.39. The van der Waals surface area contributed by atoms with Gasteiger partial charge in [-0.25, -0.2) is 9.78 Å². The summed E-state index contributed by atoms with van der Waals surface area (Å²) in [5, 5.41) is 2.67. The number of methoxy groups -OCH3 is 3. The maximum absolute atomic E-state index is 12.0. The molecule has 0 saturated heterocycles. The number of amides is 1. The van der Waals surface area contributed by atoms with Gasteiger partial charge in [0.25, 0.3) is 5.91 Å². The van der Waals surface area contributed by atoms with Gasteiger partial charge in [0.15, 0.2) is 18.1 Å². The fraction of sp³-hybridized carbons (Fsp3) is 0.353. The van der Waals surface area contributed by atoms with Gasteiger partial charge in [0, 0.05) is 18.2 Å². The van der Waals surface area contributed by atoms with Gasteiger partial charge >= 0.3 is 5.97 Å². The molecule has 0 spiro atoms. The van der Waals surface area contributed by atoms with Crippen LogP contribution in [0.4, 0.5) is 0 Å². The van der Waals surface area contributed by atoms with Crippen molar-refractivity contribution in [2.75, 3.05) is 27.9 Å². The van der Waals surface area contributed by atoms with Gasteiger partial charge in [-0.15, -0.1) is 11.3 Å². The van der Waals surface area contributed by atoms with Gasteiger partial charge in [-0.05, 0) is 13.0 Å². The van der Waals surface area contributed by atoms with Gasteiger partial charge in [0.2, 0.25) is 0 Å². The lowest BCUT2D eigenvalue weighted by Crippen LogP contribution is -2.28. The Labute approximate surface area is 155 Å². The average molecular weight is 380 g/mol. The van der Waals surface area contributed by atoms with Crippen LogP contribution in [0.25, 0.3) is 0 Å².